The van der Waals surface area contributed by atoms with Crippen LogP contribution in [0.5, 0.6) is 0 Å². The quantitative estimate of drug-likeness (QED) is 0.936. The van der Waals surface area contributed by atoms with Crippen LogP contribution in [0.3, 0.4) is 0 Å². The molecule has 23 heavy (non-hydrogen) atoms. The van der Waals surface area contributed by atoms with Gasteiger partial charge in [-0.3, -0.25) is 9.48 Å². The lowest BCUT2D eigenvalue weighted by Gasteiger charge is -2.19. The molecule has 0 radical (unpaired) electrons. The topological polar surface area (TPSA) is 46.9 Å². The standard InChI is InChI=1S/C19H27N3O/c1-12(17-13(2)21-22(7)14(17)3)20-18(23)15-8-10-16(11-9-15)19(4,5)6/h8-12H,1-7H3,(H,20,23). The van der Waals surface area contributed by atoms with Gasteiger partial charge in [0, 0.05) is 23.9 Å². The molecule has 0 aliphatic rings. The molecule has 1 aromatic carbocycles. The first kappa shape index (κ1) is 17.3. The van der Waals surface area contributed by atoms with Crippen molar-refractivity contribution in [3.8, 4) is 0 Å². The number of aryl methyl sites for hydroxylation is 2. The second-order valence-electron chi connectivity index (χ2n) is 7.23. The summed E-state index contributed by atoms with van der Waals surface area (Å²) in [5.74, 6) is -0.0550. The molecule has 4 heteroatoms. The summed E-state index contributed by atoms with van der Waals surface area (Å²) < 4.78 is 1.85. The van der Waals surface area contributed by atoms with E-state index in [9.17, 15) is 4.79 Å². The lowest BCUT2D eigenvalue weighted by atomic mass is 9.86. The summed E-state index contributed by atoms with van der Waals surface area (Å²) in [5, 5.41) is 7.49. The van der Waals surface area contributed by atoms with Gasteiger partial charge in [-0.2, -0.15) is 5.10 Å². The van der Waals surface area contributed by atoms with E-state index in [1.807, 2.05) is 56.8 Å². The summed E-state index contributed by atoms with van der Waals surface area (Å²) in [7, 11) is 1.92. The van der Waals surface area contributed by atoms with Crippen LogP contribution in [0.1, 0.15) is 66.6 Å². The van der Waals surface area contributed by atoms with E-state index in [4.69, 9.17) is 0 Å². The average molecular weight is 313 g/mol. The van der Waals surface area contributed by atoms with Gasteiger partial charge in [-0.1, -0.05) is 32.9 Å². The Kier molecular flexibility index (Phi) is 4.64. The Morgan fingerprint density at radius 3 is 2.17 bits per heavy atom. The number of benzene rings is 1. The molecule has 0 fully saturated rings. The smallest absolute Gasteiger partial charge is 0.251 e. The normalized spacial score (nSPS) is 13.0. The molecule has 1 unspecified atom stereocenters. The van der Waals surface area contributed by atoms with Gasteiger partial charge in [0.15, 0.2) is 0 Å². The van der Waals surface area contributed by atoms with Crippen LogP contribution in [-0.4, -0.2) is 15.7 Å². The molecule has 1 aromatic heterocycles. The maximum absolute atomic E-state index is 12.5. The van der Waals surface area contributed by atoms with Gasteiger partial charge < -0.3 is 5.32 Å². The Morgan fingerprint density at radius 2 is 1.74 bits per heavy atom. The minimum absolute atomic E-state index is 0.0550. The first-order valence-corrected chi connectivity index (χ1v) is 8.02. The number of carbonyl (C=O) groups is 1. The first-order valence-electron chi connectivity index (χ1n) is 8.02. The fraction of sp³-hybridized carbons (Fsp3) is 0.474. The minimum Gasteiger partial charge on any atom is -0.345 e. The second kappa shape index (κ2) is 6.19. The molecular formula is C19H27N3O. The number of aromatic nitrogens is 2. The highest BCUT2D eigenvalue weighted by Crippen LogP contribution is 2.23. The molecule has 0 aliphatic carbocycles. The molecule has 0 bridgehead atoms. The highest BCUT2D eigenvalue weighted by Gasteiger charge is 2.19. The van der Waals surface area contributed by atoms with Crippen molar-refractivity contribution in [3.63, 3.8) is 0 Å². The fourth-order valence-electron chi connectivity index (χ4n) is 2.89. The van der Waals surface area contributed by atoms with Crippen LogP contribution >= 0.6 is 0 Å². The summed E-state index contributed by atoms with van der Waals surface area (Å²) in [6, 6.07) is 7.77. The van der Waals surface area contributed by atoms with Crippen molar-refractivity contribution >= 4 is 5.91 Å². The molecule has 2 rings (SSSR count). The third-order valence-corrected chi connectivity index (χ3v) is 4.36. The zero-order valence-corrected chi connectivity index (χ0v) is 15.2. The van der Waals surface area contributed by atoms with Crippen LogP contribution in [0.4, 0.5) is 0 Å². The molecule has 124 valence electrons. The monoisotopic (exact) mass is 313 g/mol. The van der Waals surface area contributed by atoms with E-state index in [1.165, 1.54) is 5.56 Å². The van der Waals surface area contributed by atoms with Crippen molar-refractivity contribution in [2.75, 3.05) is 0 Å². The van der Waals surface area contributed by atoms with Gasteiger partial charge in [-0.25, -0.2) is 0 Å². The van der Waals surface area contributed by atoms with Crippen molar-refractivity contribution in [2.24, 2.45) is 7.05 Å². The van der Waals surface area contributed by atoms with Crippen LogP contribution in [0, 0.1) is 13.8 Å². The second-order valence-corrected chi connectivity index (χ2v) is 7.23. The summed E-state index contributed by atoms with van der Waals surface area (Å²) in [6.45, 7) is 12.5. The predicted octanol–water partition coefficient (Wildman–Crippen LogP) is 3.83. The van der Waals surface area contributed by atoms with Crippen molar-refractivity contribution in [1.82, 2.24) is 15.1 Å². The Labute approximate surface area is 138 Å². The van der Waals surface area contributed by atoms with Gasteiger partial charge in [0.05, 0.1) is 11.7 Å². The zero-order chi connectivity index (χ0) is 17.4. The van der Waals surface area contributed by atoms with Crippen molar-refractivity contribution < 1.29 is 4.79 Å². The van der Waals surface area contributed by atoms with E-state index in [-0.39, 0.29) is 17.4 Å². The van der Waals surface area contributed by atoms with Crippen LogP contribution in [0.2, 0.25) is 0 Å². The highest BCUT2D eigenvalue weighted by molar-refractivity contribution is 5.94. The predicted molar refractivity (Wildman–Crippen MR) is 93.7 cm³/mol. The molecule has 1 atom stereocenters. The van der Waals surface area contributed by atoms with Crippen LogP contribution in [0.25, 0.3) is 0 Å². The van der Waals surface area contributed by atoms with E-state index in [1.54, 1.807) is 0 Å². The number of carbonyl (C=O) groups excluding carboxylic acids is 1. The molecule has 0 saturated heterocycles. The van der Waals surface area contributed by atoms with Gasteiger partial charge in [0.2, 0.25) is 0 Å². The van der Waals surface area contributed by atoms with Gasteiger partial charge in [-0.15, -0.1) is 0 Å². The summed E-state index contributed by atoms with van der Waals surface area (Å²) >= 11 is 0. The molecule has 1 heterocycles. The Hall–Kier alpha value is -2.10. The van der Waals surface area contributed by atoms with E-state index in [2.05, 4.69) is 31.2 Å². The third-order valence-electron chi connectivity index (χ3n) is 4.36. The maximum atomic E-state index is 12.5. The van der Waals surface area contributed by atoms with Crippen LogP contribution in [0.15, 0.2) is 24.3 Å². The van der Waals surface area contributed by atoms with Crippen LogP contribution in [-0.2, 0) is 12.5 Å². The van der Waals surface area contributed by atoms with Crippen molar-refractivity contribution in [3.05, 3.63) is 52.3 Å². The summed E-state index contributed by atoms with van der Waals surface area (Å²) in [4.78, 5) is 12.5. The number of nitrogens with one attached hydrogen (secondary N) is 1. The van der Waals surface area contributed by atoms with Gasteiger partial charge >= 0.3 is 0 Å². The summed E-state index contributed by atoms with van der Waals surface area (Å²) in [5.41, 5.74) is 5.13. The third kappa shape index (κ3) is 3.63. The van der Waals surface area contributed by atoms with Crippen molar-refractivity contribution in [1.29, 1.82) is 0 Å². The molecule has 0 saturated carbocycles. The number of hydrogen-bond donors (Lipinski definition) is 1. The first-order chi connectivity index (χ1) is 10.6. The van der Waals surface area contributed by atoms with Gasteiger partial charge in [0.25, 0.3) is 5.91 Å². The van der Waals surface area contributed by atoms with E-state index >= 15 is 0 Å². The lowest BCUT2D eigenvalue weighted by Crippen LogP contribution is -2.27. The summed E-state index contributed by atoms with van der Waals surface area (Å²) in [6.07, 6.45) is 0. The molecule has 4 nitrogen and oxygen atoms in total. The number of nitrogens with zero attached hydrogens (tertiary/aromatic N) is 2. The van der Waals surface area contributed by atoms with Gasteiger partial charge in [0.1, 0.15) is 0 Å². The largest absolute Gasteiger partial charge is 0.345 e. The zero-order valence-electron chi connectivity index (χ0n) is 15.2. The van der Waals surface area contributed by atoms with Crippen molar-refractivity contribution in [2.45, 2.75) is 53.0 Å². The molecule has 0 aliphatic heterocycles. The van der Waals surface area contributed by atoms with E-state index in [0.717, 1.165) is 17.0 Å². The Morgan fingerprint density at radius 1 is 1.17 bits per heavy atom. The Bertz CT molecular complexity index is 705. The molecule has 1 amide bonds. The number of amides is 1. The Balaban J connectivity index is 2.15. The fourth-order valence-corrected chi connectivity index (χ4v) is 2.89. The SMILES string of the molecule is Cc1nn(C)c(C)c1C(C)NC(=O)c1ccc(C(C)(C)C)cc1. The molecular weight excluding hydrogens is 286 g/mol. The minimum atomic E-state index is -0.0708. The molecule has 0 spiro atoms. The number of hydrogen-bond acceptors (Lipinski definition) is 2. The average Bonchev–Trinajstić information content (AvgIpc) is 2.71. The van der Waals surface area contributed by atoms with Crippen LogP contribution < -0.4 is 5.32 Å². The lowest BCUT2D eigenvalue weighted by molar-refractivity contribution is 0.0939. The number of rotatable bonds is 3. The molecule has 1 N–H and O–H groups in total. The maximum Gasteiger partial charge on any atom is 0.251 e. The van der Waals surface area contributed by atoms with E-state index in [0.29, 0.717) is 5.56 Å². The van der Waals surface area contributed by atoms with Gasteiger partial charge in [-0.05, 0) is 43.9 Å². The highest BCUT2D eigenvalue weighted by atomic mass is 16.1. The van der Waals surface area contributed by atoms with E-state index < -0.39 is 0 Å². The molecule has 2 aromatic rings.